The average Bonchev–Trinajstić information content (AvgIpc) is 2.65. The molecule has 0 atom stereocenters. The van der Waals surface area contributed by atoms with Crippen LogP contribution in [0.25, 0.3) is 0 Å². The van der Waals surface area contributed by atoms with Gasteiger partial charge in [-0.3, -0.25) is 0 Å². The molecule has 1 fully saturated rings. The van der Waals surface area contributed by atoms with E-state index in [4.69, 9.17) is 15.2 Å². The third-order valence-electron chi connectivity index (χ3n) is 4.60. The molecule has 1 aliphatic rings. The maximum atomic E-state index is 6.02. The zero-order chi connectivity index (χ0) is 19.1. The molecule has 28 heavy (non-hydrogen) atoms. The lowest BCUT2D eigenvalue weighted by atomic mass is 10.1. The average molecular weight is 495 g/mol. The Morgan fingerprint density at radius 3 is 2.32 bits per heavy atom. The van der Waals surface area contributed by atoms with Crippen molar-refractivity contribution in [2.45, 2.75) is 45.9 Å². The van der Waals surface area contributed by atoms with Crippen LogP contribution in [0.15, 0.2) is 47.5 Å². The second kappa shape index (κ2) is 11.4. The molecule has 152 valence electrons. The van der Waals surface area contributed by atoms with Gasteiger partial charge in [-0.1, -0.05) is 30.3 Å². The third kappa shape index (κ3) is 7.41. The number of nitrogens with zero attached hydrogens (tertiary/aromatic N) is 1. The molecule has 6 heteroatoms. The molecule has 5 nitrogen and oxygen atoms in total. The Bertz CT molecular complexity index is 752. The Morgan fingerprint density at radius 2 is 1.68 bits per heavy atom. The van der Waals surface area contributed by atoms with E-state index in [1.807, 2.05) is 0 Å². The van der Waals surface area contributed by atoms with E-state index in [2.05, 4.69) is 66.6 Å². The van der Waals surface area contributed by atoms with Crippen LogP contribution in [0.3, 0.4) is 0 Å². The lowest BCUT2D eigenvalue weighted by Gasteiger charge is -2.22. The fourth-order valence-corrected chi connectivity index (χ4v) is 3.21. The fourth-order valence-electron chi connectivity index (χ4n) is 3.21. The maximum absolute atomic E-state index is 6.02. The molecule has 0 aromatic heterocycles. The number of nitrogens with two attached hydrogens (primary N) is 1. The predicted octanol–water partition coefficient (Wildman–Crippen LogP) is 4.54. The molecule has 0 saturated carbocycles. The van der Waals surface area contributed by atoms with Crippen molar-refractivity contribution in [1.29, 1.82) is 0 Å². The largest absolute Gasteiger partial charge is 0.381 e. The summed E-state index contributed by atoms with van der Waals surface area (Å²) in [6.45, 7) is 6.94. The van der Waals surface area contributed by atoms with Crippen LogP contribution in [0, 0.1) is 13.8 Å². The number of ether oxygens (including phenoxy) is 2. The van der Waals surface area contributed by atoms with Gasteiger partial charge >= 0.3 is 0 Å². The number of guanidine groups is 1. The van der Waals surface area contributed by atoms with Gasteiger partial charge in [0.25, 0.3) is 0 Å². The number of halogens is 1. The number of hydrogen-bond donors (Lipinski definition) is 2. The van der Waals surface area contributed by atoms with E-state index in [1.54, 1.807) is 0 Å². The molecule has 0 aliphatic carbocycles. The fraction of sp³-hybridized carbons (Fsp3) is 0.409. The van der Waals surface area contributed by atoms with Gasteiger partial charge in [0.1, 0.15) is 0 Å². The van der Waals surface area contributed by atoms with Crippen LogP contribution in [0.4, 0.5) is 5.69 Å². The summed E-state index contributed by atoms with van der Waals surface area (Å²) >= 11 is 0. The summed E-state index contributed by atoms with van der Waals surface area (Å²) in [6, 6.07) is 14.6. The number of aliphatic imine (C=N–C) groups is 1. The molecule has 3 rings (SSSR count). The van der Waals surface area contributed by atoms with Crippen LogP contribution in [0.5, 0.6) is 0 Å². The highest BCUT2D eigenvalue weighted by Gasteiger charge is 2.13. The molecule has 0 radical (unpaired) electrons. The van der Waals surface area contributed by atoms with E-state index in [1.165, 1.54) is 16.7 Å². The van der Waals surface area contributed by atoms with E-state index in [0.29, 0.717) is 25.2 Å². The van der Waals surface area contributed by atoms with Crippen LogP contribution < -0.4 is 11.1 Å². The highest BCUT2D eigenvalue weighted by atomic mass is 127. The van der Waals surface area contributed by atoms with Gasteiger partial charge in [-0.25, -0.2) is 4.99 Å². The lowest BCUT2D eigenvalue weighted by Crippen LogP contribution is -2.23. The molecule has 1 aliphatic heterocycles. The van der Waals surface area contributed by atoms with Crippen molar-refractivity contribution in [3.63, 3.8) is 0 Å². The van der Waals surface area contributed by atoms with Gasteiger partial charge in [0, 0.05) is 18.9 Å². The van der Waals surface area contributed by atoms with Crippen molar-refractivity contribution in [3.8, 4) is 0 Å². The zero-order valence-electron chi connectivity index (χ0n) is 16.6. The van der Waals surface area contributed by atoms with Crippen molar-refractivity contribution in [3.05, 3.63) is 64.7 Å². The topological polar surface area (TPSA) is 68.9 Å². The van der Waals surface area contributed by atoms with Crippen molar-refractivity contribution in [2.24, 2.45) is 10.7 Å². The molecular weight excluding hydrogens is 465 g/mol. The number of anilines is 1. The minimum Gasteiger partial charge on any atom is -0.381 e. The van der Waals surface area contributed by atoms with E-state index >= 15 is 0 Å². The number of rotatable bonds is 6. The maximum Gasteiger partial charge on any atom is 0.193 e. The van der Waals surface area contributed by atoms with Gasteiger partial charge in [-0.2, -0.15) is 0 Å². The summed E-state index contributed by atoms with van der Waals surface area (Å²) < 4.78 is 11.3. The standard InChI is InChI=1S/C22H29N3O2.HI/c1-16-11-17(2)13-20(12-16)25-22(23)24-14-18-3-5-19(6-4-18)15-27-21-7-9-26-10-8-21;/h3-6,11-13,21H,7-10,14-15H2,1-2H3,(H3,23,24,25);1H. The number of benzene rings is 2. The summed E-state index contributed by atoms with van der Waals surface area (Å²) in [5.74, 6) is 0.423. The first-order chi connectivity index (χ1) is 13.1. The van der Waals surface area contributed by atoms with Gasteiger partial charge in [0.2, 0.25) is 0 Å². The van der Waals surface area contributed by atoms with Crippen LogP contribution in [-0.2, 0) is 22.6 Å². The number of aryl methyl sites for hydroxylation is 2. The van der Waals surface area contributed by atoms with Crippen LogP contribution in [0.1, 0.15) is 35.1 Å². The quantitative estimate of drug-likeness (QED) is 0.351. The Balaban J connectivity index is 0.00000280. The minimum atomic E-state index is 0. The molecule has 0 amide bonds. The van der Waals surface area contributed by atoms with Crippen LogP contribution in [-0.4, -0.2) is 25.3 Å². The van der Waals surface area contributed by atoms with Crippen molar-refractivity contribution in [1.82, 2.24) is 0 Å². The molecule has 2 aromatic rings. The second-order valence-electron chi connectivity index (χ2n) is 7.14. The lowest BCUT2D eigenvalue weighted by molar-refractivity contribution is -0.0390. The van der Waals surface area contributed by atoms with Gasteiger partial charge in [0.15, 0.2) is 5.96 Å². The molecule has 0 unspecified atom stereocenters. The van der Waals surface area contributed by atoms with E-state index in [9.17, 15) is 0 Å². The van der Waals surface area contributed by atoms with Crippen molar-refractivity contribution < 1.29 is 9.47 Å². The van der Waals surface area contributed by atoms with Crippen molar-refractivity contribution in [2.75, 3.05) is 18.5 Å². The monoisotopic (exact) mass is 495 g/mol. The number of nitrogens with one attached hydrogen (secondary N) is 1. The van der Waals surface area contributed by atoms with E-state index < -0.39 is 0 Å². The normalized spacial score (nSPS) is 15.1. The Labute approximate surface area is 184 Å². The Morgan fingerprint density at radius 1 is 1.07 bits per heavy atom. The van der Waals surface area contributed by atoms with Crippen LogP contribution in [0.2, 0.25) is 0 Å². The summed E-state index contributed by atoms with van der Waals surface area (Å²) in [5, 5.41) is 3.16. The second-order valence-corrected chi connectivity index (χ2v) is 7.14. The highest BCUT2D eigenvalue weighted by Crippen LogP contribution is 2.15. The molecular formula is C22H30IN3O2. The van der Waals surface area contributed by atoms with Crippen LogP contribution >= 0.6 is 24.0 Å². The first kappa shape index (κ1) is 22.6. The molecule has 2 aromatic carbocycles. The molecule has 1 heterocycles. The number of hydrogen-bond acceptors (Lipinski definition) is 3. The molecule has 0 spiro atoms. The third-order valence-corrected chi connectivity index (χ3v) is 4.60. The summed E-state index contributed by atoms with van der Waals surface area (Å²) in [6.07, 6.45) is 2.29. The smallest absolute Gasteiger partial charge is 0.193 e. The SMILES string of the molecule is Cc1cc(C)cc(NC(N)=NCc2ccc(COC3CCOCC3)cc2)c1.I. The summed E-state index contributed by atoms with van der Waals surface area (Å²) in [7, 11) is 0. The summed E-state index contributed by atoms with van der Waals surface area (Å²) in [5.41, 5.74) is 11.7. The minimum absolute atomic E-state index is 0. The van der Waals surface area contributed by atoms with E-state index in [-0.39, 0.29) is 24.0 Å². The van der Waals surface area contributed by atoms with Gasteiger partial charge < -0.3 is 20.5 Å². The Kier molecular flexibility index (Phi) is 9.21. The zero-order valence-corrected chi connectivity index (χ0v) is 18.9. The van der Waals surface area contributed by atoms with Gasteiger partial charge in [-0.05, 0) is 61.1 Å². The highest BCUT2D eigenvalue weighted by molar-refractivity contribution is 14.0. The first-order valence-corrected chi connectivity index (χ1v) is 9.51. The van der Waals surface area contributed by atoms with Gasteiger partial charge in [0.05, 0.1) is 19.3 Å². The van der Waals surface area contributed by atoms with E-state index in [0.717, 1.165) is 37.3 Å². The predicted molar refractivity (Wildman–Crippen MR) is 125 cm³/mol. The first-order valence-electron chi connectivity index (χ1n) is 9.51. The summed E-state index contributed by atoms with van der Waals surface area (Å²) in [4.78, 5) is 4.44. The molecule has 0 bridgehead atoms. The van der Waals surface area contributed by atoms with Crippen molar-refractivity contribution >= 4 is 35.6 Å². The molecule has 3 N–H and O–H groups in total. The molecule has 1 saturated heterocycles. The Hall–Kier alpha value is -1.64. The van der Waals surface area contributed by atoms with Gasteiger partial charge in [-0.15, -0.1) is 24.0 Å².